The second-order valence-corrected chi connectivity index (χ2v) is 8.25. The van der Waals surface area contributed by atoms with Crippen molar-refractivity contribution in [2.45, 2.75) is 55.8 Å². The summed E-state index contributed by atoms with van der Waals surface area (Å²) in [4.78, 5) is 4.47. The molecule has 3 atom stereocenters. The van der Waals surface area contributed by atoms with Gasteiger partial charge >= 0.3 is 0 Å². The topological polar surface area (TPSA) is 73.3 Å². The van der Waals surface area contributed by atoms with Gasteiger partial charge in [-0.15, -0.1) is 24.0 Å². The molecule has 3 fully saturated rings. The van der Waals surface area contributed by atoms with Crippen LogP contribution in [0.25, 0.3) is 0 Å². The number of halogens is 1. The number of fused-ring (bicyclic) bond motifs is 3. The summed E-state index contributed by atoms with van der Waals surface area (Å²) in [5.41, 5.74) is 1.26. The van der Waals surface area contributed by atoms with E-state index in [4.69, 9.17) is 18.9 Å². The number of nitrogens with zero attached hydrogens (tertiary/aromatic N) is 1. The van der Waals surface area contributed by atoms with E-state index >= 15 is 0 Å². The molecule has 29 heavy (non-hydrogen) atoms. The lowest BCUT2D eigenvalue weighted by atomic mass is 9.74. The van der Waals surface area contributed by atoms with E-state index in [1.54, 1.807) is 0 Å². The zero-order valence-electron chi connectivity index (χ0n) is 16.8. The van der Waals surface area contributed by atoms with Gasteiger partial charge in [0, 0.05) is 32.2 Å². The van der Waals surface area contributed by atoms with Crippen LogP contribution in [0.1, 0.15) is 37.7 Å². The van der Waals surface area contributed by atoms with Crippen LogP contribution in [0, 0.1) is 0 Å². The molecule has 0 aliphatic carbocycles. The van der Waals surface area contributed by atoms with Crippen LogP contribution in [0.5, 0.6) is 11.5 Å². The van der Waals surface area contributed by atoms with Gasteiger partial charge in [0.25, 0.3) is 0 Å². The van der Waals surface area contributed by atoms with E-state index < -0.39 is 0 Å². The number of rotatable bonds is 4. The first-order chi connectivity index (χ1) is 13.8. The number of guanidine groups is 1. The minimum absolute atomic E-state index is 0. The summed E-state index contributed by atoms with van der Waals surface area (Å²) in [6, 6.07) is 6.69. The molecule has 1 aromatic rings. The average molecular weight is 515 g/mol. The fourth-order valence-electron chi connectivity index (χ4n) is 4.97. The van der Waals surface area contributed by atoms with Gasteiger partial charge in [-0.1, -0.05) is 6.07 Å². The Morgan fingerprint density at radius 2 is 2.00 bits per heavy atom. The van der Waals surface area contributed by atoms with Gasteiger partial charge in [-0.05, 0) is 49.8 Å². The van der Waals surface area contributed by atoms with Crippen LogP contribution in [-0.4, -0.2) is 57.8 Å². The van der Waals surface area contributed by atoms with E-state index in [1.807, 2.05) is 13.1 Å². The molecule has 3 unspecified atom stereocenters. The van der Waals surface area contributed by atoms with Crippen molar-refractivity contribution in [2.24, 2.45) is 4.99 Å². The molecule has 4 aliphatic heterocycles. The smallest absolute Gasteiger partial charge is 0.231 e. The molecule has 7 nitrogen and oxygen atoms in total. The number of hydrogen-bond donors (Lipinski definition) is 2. The fraction of sp³-hybridized carbons (Fsp3) is 0.667. The summed E-state index contributed by atoms with van der Waals surface area (Å²) in [6.45, 7) is 2.64. The van der Waals surface area contributed by atoms with Crippen molar-refractivity contribution in [3.63, 3.8) is 0 Å². The van der Waals surface area contributed by atoms with Gasteiger partial charge in [-0.3, -0.25) is 4.99 Å². The summed E-state index contributed by atoms with van der Waals surface area (Å²) in [7, 11) is 1.83. The van der Waals surface area contributed by atoms with Crippen molar-refractivity contribution in [1.82, 2.24) is 10.6 Å². The molecule has 4 heterocycles. The molecule has 8 heteroatoms. The van der Waals surface area contributed by atoms with Crippen molar-refractivity contribution in [2.75, 3.05) is 33.6 Å². The minimum atomic E-state index is -0.0119. The fourth-order valence-corrected chi connectivity index (χ4v) is 4.97. The number of hydrogen-bond acceptors (Lipinski definition) is 5. The summed E-state index contributed by atoms with van der Waals surface area (Å²) < 4.78 is 22.7. The van der Waals surface area contributed by atoms with Crippen molar-refractivity contribution in [1.29, 1.82) is 0 Å². The highest BCUT2D eigenvalue weighted by molar-refractivity contribution is 14.0. The van der Waals surface area contributed by atoms with Crippen LogP contribution in [0.2, 0.25) is 0 Å². The quantitative estimate of drug-likeness (QED) is 0.365. The van der Waals surface area contributed by atoms with E-state index in [0.29, 0.717) is 25.0 Å². The zero-order chi connectivity index (χ0) is 19.0. The lowest BCUT2D eigenvalue weighted by Gasteiger charge is -2.38. The third kappa shape index (κ3) is 4.16. The average Bonchev–Trinajstić information content (AvgIpc) is 3.48. The van der Waals surface area contributed by atoms with Gasteiger partial charge in [0.1, 0.15) is 0 Å². The highest BCUT2D eigenvalue weighted by Gasteiger charge is 2.41. The predicted molar refractivity (Wildman–Crippen MR) is 121 cm³/mol. The normalized spacial score (nSPS) is 29.4. The van der Waals surface area contributed by atoms with Crippen LogP contribution in [0.3, 0.4) is 0 Å². The molecule has 160 valence electrons. The standard InChI is InChI=1S/C21H29N3O4.HI/c1-22-20(24-16-11-15-3-5-17(16)28-15)23-12-21(6-8-25-9-7-21)14-2-4-18-19(10-14)27-13-26-18;/h2,4,10,15-17H,3,5-9,11-13H2,1H3,(H2,22,23,24);1H. The molecule has 1 aromatic carbocycles. The van der Waals surface area contributed by atoms with Crippen molar-refractivity contribution < 1.29 is 18.9 Å². The first-order valence-electron chi connectivity index (χ1n) is 10.4. The van der Waals surface area contributed by atoms with Gasteiger partial charge in [0.05, 0.1) is 18.2 Å². The third-order valence-corrected chi connectivity index (χ3v) is 6.68. The first kappa shape index (κ1) is 21.0. The summed E-state index contributed by atoms with van der Waals surface area (Å²) in [5.74, 6) is 2.52. The van der Waals surface area contributed by atoms with Crippen LogP contribution < -0.4 is 20.1 Å². The molecule has 0 radical (unpaired) electrons. The van der Waals surface area contributed by atoms with Gasteiger partial charge in [0.2, 0.25) is 6.79 Å². The Hall–Kier alpha value is -1.26. The number of benzene rings is 1. The van der Waals surface area contributed by atoms with Crippen molar-refractivity contribution in [3.05, 3.63) is 23.8 Å². The van der Waals surface area contributed by atoms with Gasteiger partial charge in [-0.2, -0.15) is 0 Å². The maximum atomic E-state index is 5.97. The van der Waals surface area contributed by atoms with Crippen molar-refractivity contribution in [3.8, 4) is 11.5 Å². The van der Waals surface area contributed by atoms with Crippen molar-refractivity contribution >= 4 is 29.9 Å². The molecular weight excluding hydrogens is 485 g/mol. The lowest BCUT2D eigenvalue weighted by Crippen LogP contribution is -2.51. The Morgan fingerprint density at radius 1 is 1.17 bits per heavy atom. The Morgan fingerprint density at radius 3 is 2.72 bits per heavy atom. The largest absolute Gasteiger partial charge is 0.454 e. The SMILES string of the molecule is CN=C(NCC1(c2ccc3c(c2)OCO3)CCOCC1)NC1CC2CCC1O2.I. The minimum Gasteiger partial charge on any atom is -0.454 e. The van der Waals surface area contributed by atoms with E-state index in [9.17, 15) is 0 Å². The number of ether oxygens (including phenoxy) is 4. The molecule has 2 bridgehead atoms. The van der Waals surface area contributed by atoms with Crippen LogP contribution >= 0.6 is 24.0 Å². The number of aliphatic imine (C=N–C) groups is 1. The molecule has 5 rings (SSSR count). The first-order valence-corrected chi connectivity index (χ1v) is 10.4. The molecule has 0 spiro atoms. The molecule has 0 saturated carbocycles. The van der Waals surface area contributed by atoms with Crippen LogP contribution in [0.4, 0.5) is 0 Å². The molecule has 3 saturated heterocycles. The summed E-state index contributed by atoms with van der Waals surface area (Å²) in [5, 5.41) is 7.17. The maximum Gasteiger partial charge on any atom is 0.231 e. The third-order valence-electron chi connectivity index (χ3n) is 6.68. The lowest BCUT2D eigenvalue weighted by molar-refractivity contribution is 0.0512. The maximum absolute atomic E-state index is 5.97. The highest BCUT2D eigenvalue weighted by Crippen LogP contribution is 2.40. The molecule has 0 aromatic heterocycles. The Balaban J connectivity index is 0.00000205. The van der Waals surface area contributed by atoms with E-state index in [0.717, 1.165) is 62.9 Å². The number of nitrogens with one attached hydrogen (secondary N) is 2. The molecule has 0 amide bonds. The predicted octanol–water partition coefficient (Wildman–Crippen LogP) is 2.57. The Kier molecular flexibility index (Phi) is 6.41. The zero-order valence-corrected chi connectivity index (χ0v) is 19.1. The van der Waals surface area contributed by atoms with Crippen LogP contribution in [0.15, 0.2) is 23.2 Å². The monoisotopic (exact) mass is 515 g/mol. The van der Waals surface area contributed by atoms with Gasteiger partial charge < -0.3 is 29.6 Å². The molecule has 2 N–H and O–H groups in total. The Bertz CT molecular complexity index is 753. The van der Waals surface area contributed by atoms with E-state index in [2.05, 4.69) is 27.8 Å². The second kappa shape index (κ2) is 8.85. The molecule has 4 aliphatic rings. The molecular formula is C21H30IN3O4. The summed E-state index contributed by atoms with van der Waals surface area (Å²) in [6.07, 6.45) is 6.11. The van der Waals surface area contributed by atoms with E-state index in [1.165, 1.54) is 12.0 Å². The Labute approximate surface area is 188 Å². The van der Waals surface area contributed by atoms with Gasteiger partial charge in [0.15, 0.2) is 17.5 Å². The highest BCUT2D eigenvalue weighted by atomic mass is 127. The van der Waals surface area contributed by atoms with E-state index in [-0.39, 0.29) is 29.4 Å². The summed E-state index contributed by atoms with van der Waals surface area (Å²) >= 11 is 0. The van der Waals surface area contributed by atoms with Crippen LogP contribution in [-0.2, 0) is 14.9 Å². The second-order valence-electron chi connectivity index (χ2n) is 8.25. The van der Waals surface area contributed by atoms with Gasteiger partial charge in [-0.25, -0.2) is 0 Å².